The van der Waals surface area contributed by atoms with Gasteiger partial charge in [0, 0.05) is 17.4 Å². The number of nitrogens with zero attached hydrogens (tertiary/aromatic N) is 2. The lowest BCUT2D eigenvalue weighted by molar-refractivity contribution is 0.0949. The molecule has 0 unspecified atom stereocenters. The number of aromatic nitrogens is 2. The van der Waals surface area contributed by atoms with Gasteiger partial charge in [0.25, 0.3) is 5.91 Å². The summed E-state index contributed by atoms with van der Waals surface area (Å²) in [6, 6.07) is 4.19. The largest absolute Gasteiger partial charge is 0.351 e. The lowest BCUT2D eigenvalue weighted by Crippen LogP contribution is -2.26. The van der Waals surface area contributed by atoms with Crippen LogP contribution in [-0.4, -0.2) is 22.6 Å². The van der Waals surface area contributed by atoms with E-state index in [4.69, 9.17) is 4.52 Å². The first kappa shape index (κ1) is 12.7. The fraction of sp³-hybridized carbons (Fsp3) is 0.182. The predicted molar refractivity (Wildman–Crippen MR) is 64.4 cm³/mol. The highest BCUT2D eigenvalue weighted by Gasteiger charge is 2.11. The molecule has 7 heteroatoms. The summed E-state index contributed by atoms with van der Waals surface area (Å²) >= 11 is 3.18. The summed E-state index contributed by atoms with van der Waals surface area (Å²) in [6.07, 6.45) is 1.69. The lowest BCUT2D eigenvalue weighted by atomic mass is 10.2. The van der Waals surface area contributed by atoms with Crippen LogP contribution in [-0.2, 0) is 6.42 Å². The van der Waals surface area contributed by atoms with Gasteiger partial charge in [0.05, 0.1) is 5.56 Å². The standard InChI is InChI=1S/C11H9BrFN3O2/c12-7-1-2-9(13)8(5-7)11(17)14-4-3-10-15-6-16-18-10/h1-2,5-6H,3-4H2,(H,14,17). The lowest BCUT2D eigenvalue weighted by Gasteiger charge is -2.05. The maximum absolute atomic E-state index is 13.4. The third-order valence-corrected chi connectivity index (χ3v) is 2.70. The van der Waals surface area contributed by atoms with E-state index in [2.05, 4.69) is 31.4 Å². The van der Waals surface area contributed by atoms with Crippen LogP contribution in [0.2, 0.25) is 0 Å². The average Bonchev–Trinajstić information content (AvgIpc) is 2.85. The molecule has 1 aromatic carbocycles. The van der Waals surface area contributed by atoms with E-state index < -0.39 is 11.7 Å². The number of hydrogen-bond acceptors (Lipinski definition) is 4. The van der Waals surface area contributed by atoms with E-state index in [0.29, 0.717) is 23.3 Å². The molecule has 0 spiro atoms. The number of hydrogen-bond donors (Lipinski definition) is 1. The molecule has 94 valence electrons. The van der Waals surface area contributed by atoms with Gasteiger partial charge in [-0.25, -0.2) is 4.39 Å². The Bertz CT molecular complexity index is 545. The molecule has 0 bridgehead atoms. The molecule has 0 atom stereocenters. The summed E-state index contributed by atoms with van der Waals surface area (Å²) in [5.74, 6) is -0.619. The van der Waals surface area contributed by atoms with Crippen LogP contribution in [0.25, 0.3) is 0 Å². The maximum Gasteiger partial charge on any atom is 0.254 e. The van der Waals surface area contributed by atoms with E-state index in [-0.39, 0.29) is 5.56 Å². The van der Waals surface area contributed by atoms with Crippen molar-refractivity contribution in [1.29, 1.82) is 0 Å². The van der Waals surface area contributed by atoms with Crippen molar-refractivity contribution in [3.05, 3.63) is 46.3 Å². The summed E-state index contributed by atoms with van der Waals surface area (Å²) in [6.45, 7) is 0.299. The summed E-state index contributed by atoms with van der Waals surface area (Å²) in [7, 11) is 0. The van der Waals surface area contributed by atoms with E-state index in [9.17, 15) is 9.18 Å². The molecule has 1 heterocycles. The molecule has 5 nitrogen and oxygen atoms in total. The highest BCUT2D eigenvalue weighted by molar-refractivity contribution is 9.10. The zero-order valence-corrected chi connectivity index (χ0v) is 10.8. The van der Waals surface area contributed by atoms with Gasteiger partial charge < -0.3 is 9.84 Å². The molecule has 0 aliphatic heterocycles. The van der Waals surface area contributed by atoms with Crippen LogP contribution in [0, 0.1) is 5.82 Å². The fourth-order valence-electron chi connectivity index (χ4n) is 1.36. The van der Waals surface area contributed by atoms with Crippen molar-refractivity contribution >= 4 is 21.8 Å². The van der Waals surface area contributed by atoms with Crippen molar-refractivity contribution in [2.45, 2.75) is 6.42 Å². The molecule has 0 saturated heterocycles. The van der Waals surface area contributed by atoms with Crippen molar-refractivity contribution in [1.82, 2.24) is 15.5 Å². The number of rotatable bonds is 4. The van der Waals surface area contributed by atoms with Crippen molar-refractivity contribution in [3.8, 4) is 0 Å². The summed E-state index contributed by atoms with van der Waals surface area (Å²) in [5.41, 5.74) is -0.00472. The van der Waals surface area contributed by atoms with Gasteiger partial charge in [0.2, 0.25) is 5.89 Å². The Balaban J connectivity index is 1.93. The molecule has 0 aliphatic rings. The van der Waals surface area contributed by atoms with Gasteiger partial charge in [-0.1, -0.05) is 21.1 Å². The van der Waals surface area contributed by atoms with E-state index >= 15 is 0 Å². The van der Waals surface area contributed by atoms with Gasteiger partial charge >= 0.3 is 0 Å². The first-order valence-corrected chi connectivity index (χ1v) is 5.95. The summed E-state index contributed by atoms with van der Waals surface area (Å²) in [5, 5.41) is 6.02. The highest BCUT2D eigenvalue weighted by atomic mass is 79.9. The first-order chi connectivity index (χ1) is 8.66. The number of carbonyl (C=O) groups is 1. The zero-order chi connectivity index (χ0) is 13.0. The molecule has 1 aromatic heterocycles. The Kier molecular flexibility index (Phi) is 4.03. The normalized spacial score (nSPS) is 10.3. The Hall–Kier alpha value is -1.76. The zero-order valence-electron chi connectivity index (χ0n) is 9.19. The van der Waals surface area contributed by atoms with Crippen molar-refractivity contribution in [2.75, 3.05) is 6.54 Å². The number of carbonyl (C=O) groups excluding carboxylic acids is 1. The minimum Gasteiger partial charge on any atom is -0.351 e. The predicted octanol–water partition coefficient (Wildman–Crippen LogP) is 1.94. The molecule has 0 fully saturated rings. The summed E-state index contributed by atoms with van der Waals surface area (Å²) in [4.78, 5) is 15.5. The number of amides is 1. The molecule has 2 rings (SSSR count). The van der Waals surface area contributed by atoms with Gasteiger partial charge in [-0.15, -0.1) is 0 Å². The molecule has 2 aromatic rings. The van der Waals surface area contributed by atoms with Gasteiger partial charge in [-0.3, -0.25) is 4.79 Å². The van der Waals surface area contributed by atoms with E-state index in [1.165, 1.54) is 24.5 Å². The second kappa shape index (κ2) is 5.72. The smallest absolute Gasteiger partial charge is 0.254 e. The van der Waals surface area contributed by atoms with Crippen molar-refractivity contribution in [3.63, 3.8) is 0 Å². The topological polar surface area (TPSA) is 68.0 Å². The number of halogens is 2. The van der Waals surface area contributed by atoms with Crippen LogP contribution in [0.15, 0.2) is 33.5 Å². The first-order valence-electron chi connectivity index (χ1n) is 5.15. The van der Waals surface area contributed by atoms with E-state index in [1.54, 1.807) is 0 Å². The van der Waals surface area contributed by atoms with Crippen molar-refractivity contribution < 1.29 is 13.7 Å². The van der Waals surface area contributed by atoms with Crippen LogP contribution in [0.1, 0.15) is 16.2 Å². The Labute approximate surface area is 111 Å². The second-order valence-electron chi connectivity index (χ2n) is 3.47. The maximum atomic E-state index is 13.4. The molecule has 0 saturated carbocycles. The van der Waals surface area contributed by atoms with Crippen LogP contribution in [0.4, 0.5) is 4.39 Å². The van der Waals surface area contributed by atoms with Gasteiger partial charge in [-0.2, -0.15) is 4.98 Å². The Morgan fingerprint density at radius 3 is 3.06 bits per heavy atom. The van der Waals surface area contributed by atoms with Crippen LogP contribution in [0.5, 0.6) is 0 Å². The minimum atomic E-state index is -0.562. The van der Waals surface area contributed by atoms with E-state index in [1.807, 2.05) is 0 Å². The minimum absolute atomic E-state index is 0.00472. The molecular weight excluding hydrogens is 305 g/mol. The number of nitrogens with one attached hydrogen (secondary N) is 1. The Morgan fingerprint density at radius 1 is 1.50 bits per heavy atom. The molecular formula is C11H9BrFN3O2. The monoisotopic (exact) mass is 313 g/mol. The second-order valence-corrected chi connectivity index (χ2v) is 4.38. The van der Waals surface area contributed by atoms with Crippen molar-refractivity contribution in [2.24, 2.45) is 0 Å². The van der Waals surface area contributed by atoms with E-state index in [0.717, 1.165) is 0 Å². The van der Waals surface area contributed by atoms with Gasteiger partial charge in [0.1, 0.15) is 5.82 Å². The van der Waals surface area contributed by atoms with Crippen LogP contribution < -0.4 is 5.32 Å². The fourth-order valence-corrected chi connectivity index (χ4v) is 1.72. The quantitative estimate of drug-likeness (QED) is 0.936. The molecule has 0 radical (unpaired) electrons. The van der Waals surface area contributed by atoms with Gasteiger partial charge in [-0.05, 0) is 18.2 Å². The molecule has 18 heavy (non-hydrogen) atoms. The average molecular weight is 314 g/mol. The Morgan fingerprint density at radius 2 is 2.33 bits per heavy atom. The highest BCUT2D eigenvalue weighted by Crippen LogP contribution is 2.15. The third kappa shape index (κ3) is 3.13. The third-order valence-electron chi connectivity index (χ3n) is 2.20. The SMILES string of the molecule is O=C(NCCc1ncno1)c1cc(Br)ccc1F. The summed E-state index contributed by atoms with van der Waals surface area (Å²) < 4.78 is 18.8. The van der Waals surface area contributed by atoms with Crippen LogP contribution >= 0.6 is 15.9 Å². The number of benzene rings is 1. The molecule has 1 N–H and O–H groups in total. The van der Waals surface area contributed by atoms with Gasteiger partial charge in [0.15, 0.2) is 6.33 Å². The molecule has 0 aliphatic carbocycles. The molecule has 1 amide bonds. The van der Waals surface area contributed by atoms with Crippen LogP contribution in [0.3, 0.4) is 0 Å².